The highest BCUT2D eigenvalue weighted by molar-refractivity contribution is 7.88. The van der Waals surface area contributed by atoms with Crippen molar-refractivity contribution in [1.82, 2.24) is 14.2 Å². The molecule has 0 spiro atoms. The SMILES string of the molecule is Cc1nc(C)c(CC(=O)N2C[C@H]3CC[C@@H]2CN(S(C)(=O)=O)C3)s1. The van der Waals surface area contributed by atoms with E-state index in [9.17, 15) is 13.2 Å². The highest BCUT2D eigenvalue weighted by atomic mass is 32.2. The number of fused-ring (bicyclic) bond motifs is 4. The summed E-state index contributed by atoms with van der Waals surface area (Å²) in [7, 11) is -3.20. The van der Waals surface area contributed by atoms with Crippen LogP contribution in [0, 0.1) is 19.8 Å². The third-order valence-electron chi connectivity index (χ3n) is 4.78. The van der Waals surface area contributed by atoms with Crippen LogP contribution in [0.25, 0.3) is 0 Å². The third kappa shape index (κ3) is 3.59. The number of sulfonamides is 1. The average Bonchev–Trinajstić information content (AvgIpc) is 2.67. The van der Waals surface area contributed by atoms with Gasteiger partial charge in [0.2, 0.25) is 15.9 Å². The molecule has 1 aromatic rings. The summed E-state index contributed by atoms with van der Waals surface area (Å²) in [5.74, 6) is 0.346. The highest BCUT2D eigenvalue weighted by Crippen LogP contribution is 2.30. The molecule has 3 saturated heterocycles. The monoisotopic (exact) mass is 357 g/mol. The number of carbonyl (C=O) groups excluding carboxylic acids is 1. The molecule has 0 N–H and O–H groups in total. The Balaban J connectivity index is 1.76. The van der Waals surface area contributed by atoms with Crippen molar-refractivity contribution in [1.29, 1.82) is 0 Å². The van der Waals surface area contributed by atoms with E-state index in [0.717, 1.165) is 28.4 Å². The Morgan fingerprint density at radius 2 is 2.00 bits per heavy atom. The van der Waals surface area contributed by atoms with E-state index in [2.05, 4.69) is 4.98 Å². The van der Waals surface area contributed by atoms with Gasteiger partial charge in [-0.05, 0) is 32.6 Å². The largest absolute Gasteiger partial charge is 0.338 e. The molecule has 6 nitrogen and oxygen atoms in total. The van der Waals surface area contributed by atoms with E-state index < -0.39 is 10.0 Å². The minimum atomic E-state index is -3.20. The second-order valence-electron chi connectivity index (χ2n) is 6.64. The Labute approximate surface area is 141 Å². The summed E-state index contributed by atoms with van der Waals surface area (Å²) in [4.78, 5) is 20.1. The standard InChI is InChI=1S/C15H23N3O3S2/c1-10-14(22-11(2)16-10)6-15(19)18-8-12-4-5-13(18)9-17(7-12)23(3,20)21/h12-13H,4-9H2,1-3H3/t12-,13+/m0/s1. The van der Waals surface area contributed by atoms with Crippen LogP contribution in [0.4, 0.5) is 0 Å². The number of piperidine rings is 1. The lowest BCUT2D eigenvalue weighted by atomic mass is 9.94. The molecule has 128 valence electrons. The molecule has 2 bridgehead atoms. The van der Waals surface area contributed by atoms with Gasteiger partial charge in [0.25, 0.3) is 0 Å². The smallest absolute Gasteiger partial charge is 0.228 e. The first-order valence-corrected chi connectivity index (χ1v) is 10.6. The minimum absolute atomic E-state index is 0.00491. The van der Waals surface area contributed by atoms with Gasteiger partial charge < -0.3 is 4.90 Å². The first-order chi connectivity index (χ1) is 10.7. The van der Waals surface area contributed by atoms with Crippen molar-refractivity contribution in [2.45, 2.75) is 39.2 Å². The molecular formula is C15H23N3O3S2. The number of amides is 1. The number of rotatable bonds is 3. The fourth-order valence-corrected chi connectivity index (χ4v) is 5.44. The summed E-state index contributed by atoms with van der Waals surface area (Å²) in [5, 5.41) is 0.978. The van der Waals surface area contributed by atoms with Crippen molar-refractivity contribution < 1.29 is 13.2 Å². The number of aryl methyl sites for hydroxylation is 2. The van der Waals surface area contributed by atoms with Gasteiger partial charge in [0.05, 0.1) is 23.4 Å². The van der Waals surface area contributed by atoms with Crippen molar-refractivity contribution in [2.75, 3.05) is 25.9 Å². The molecule has 3 aliphatic heterocycles. The molecule has 0 unspecified atom stereocenters. The van der Waals surface area contributed by atoms with Gasteiger partial charge in [-0.1, -0.05) is 0 Å². The molecule has 0 aromatic carbocycles. The summed E-state index contributed by atoms with van der Waals surface area (Å²) in [6.07, 6.45) is 3.52. The molecule has 8 heteroatoms. The molecule has 0 radical (unpaired) electrons. The van der Waals surface area contributed by atoms with Crippen LogP contribution in [-0.4, -0.2) is 60.4 Å². The van der Waals surface area contributed by atoms with Crippen molar-refractivity contribution >= 4 is 27.3 Å². The van der Waals surface area contributed by atoms with Gasteiger partial charge in [0, 0.05) is 30.6 Å². The fraction of sp³-hybridized carbons (Fsp3) is 0.733. The van der Waals surface area contributed by atoms with E-state index >= 15 is 0 Å². The lowest BCUT2D eigenvalue weighted by Gasteiger charge is -2.36. The number of nitrogens with zero attached hydrogens (tertiary/aromatic N) is 3. The van der Waals surface area contributed by atoms with Gasteiger partial charge in [0.15, 0.2) is 0 Å². The summed E-state index contributed by atoms with van der Waals surface area (Å²) in [6, 6.07) is 0.00491. The van der Waals surface area contributed by atoms with Gasteiger partial charge in [-0.15, -0.1) is 11.3 Å². The Morgan fingerprint density at radius 1 is 1.26 bits per heavy atom. The number of hydrogen-bond donors (Lipinski definition) is 0. The zero-order valence-corrected chi connectivity index (χ0v) is 15.4. The first kappa shape index (κ1) is 16.9. The van der Waals surface area contributed by atoms with Gasteiger partial charge in [-0.2, -0.15) is 4.31 Å². The maximum atomic E-state index is 12.8. The van der Waals surface area contributed by atoms with E-state index in [1.807, 2.05) is 18.7 Å². The van der Waals surface area contributed by atoms with E-state index in [4.69, 9.17) is 0 Å². The molecule has 3 fully saturated rings. The van der Waals surface area contributed by atoms with Crippen LogP contribution in [0.3, 0.4) is 0 Å². The zero-order valence-electron chi connectivity index (χ0n) is 13.8. The molecule has 2 atom stereocenters. The fourth-order valence-electron chi connectivity index (χ4n) is 3.59. The summed E-state index contributed by atoms with van der Waals surface area (Å²) in [5.41, 5.74) is 0.929. The highest BCUT2D eigenvalue weighted by Gasteiger charge is 2.39. The Hall–Kier alpha value is -0.990. The van der Waals surface area contributed by atoms with Gasteiger partial charge >= 0.3 is 0 Å². The lowest BCUT2D eigenvalue weighted by Crippen LogP contribution is -2.48. The third-order valence-corrected chi connectivity index (χ3v) is 7.09. The molecule has 23 heavy (non-hydrogen) atoms. The predicted molar refractivity (Wildman–Crippen MR) is 89.9 cm³/mol. The van der Waals surface area contributed by atoms with Crippen LogP contribution in [-0.2, 0) is 21.2 Å². The Morgan fingerprint density at radius 3 is 2.61 bits per heavy atom. The topological polar surface area (TPSA) is 70.6 Å². The minimum Gasteiger partial charge on any atom is -0.338 e. The van der Waals surface area contributed by atoms with Gasteiger partial charge in [-0.3, -0.25) is 4.79 Å². The quantitative estimate of drug-likeness (QED) is 0.815. The molecule has 1 aromatic heterocycles. The Bertz CT molecular complexity index is 714. The normalized spacial score (nSPS) is 25.6. The van der Waals surface area contributed by atoms with Crippen LogP contribution in [0.1, 0.15) is 28.4 Å². The van der Waals surface area contributed by atoms with E-state index in [0.29, 0.717) is 26.1 Å². The van der Waals surface area contributed by atoms with Crippen LogP contribution in [0.2, 0.25) is 0 Å². The van der Waals surface area contributed by atoms with Crippen LogP contribution >= 0.6 is 11.3 Å². The first-order valence-electron chi connectivity index (χ1n) is 7.91. The summed E-state index contributed by atoms with van der Waals surface area (Å²) in [6.45, 7) is 5.53. The number of carbonyl (C=O) groups is 1. The van der Waals surface area contributed by atoms with Gasteiger partial charge in [0.1, 0.15) is 0 Å². The molecule has 4 rings (SSSR count). The number of hydrogen-bond acceptors (Lipinski definition) is 5. The number of thiazole rings is 1. The maximum Gasteiger partial charge on any atom is 0.228 e. The molecule has 4 heterocycles. The molecule has 3 aliphatic rings. The summed E-state index contributed by atoms with van der Waals surface area (Å²) >= 11 is 1.57. The average molecular weight is 358 g/mol. The second-order valence-corrected chi connectivity index (χ2v) is 9.91. The maximum absolute atomic E-state index is 12.8. The zero-order chi connectivity index (χ0) is 16.8. The molecule has 1 amide bonds. The molecular weight excluding hydrogens is 334 g/mol. The molecule has 0 aliphatic carbocycles. The van der Waals surface area contributed by atoms with Crippen LogP contribution in [0.5, 0.6) is 0 Å². The van der Waals surface area contributed by atoms with Crippen molar-refractivity contribution in [2.24, 2.45) is 5.92 Å². The van der Waals surface area contributed by atoms with Crippen LogP contribution in [0.15, 0.2) is 0 Å². The van der Waals surface area contributed by atoms with E-state index in [1.165, 1.54) is 6.26 Å². The van der Waals surface area contributed by atoms with E-state index in [1.54, 1.807) is 15.6 Å². The van der Waals surface area contributed by atoms with Crippen molar-refractivity contribution in [3.63, 3.8) is 0 Å². The molecule has 0 saturated carbocycles. The number of aromatic nitrogens is 1. The lowest BCUT2D eigenvalue weighted by molar-refractivity contribution is -0.134. The predicted octanol–water partition coefficient (Wildman–Crippen LogP) is 1.18. The van der Waals surface area contributed by atoms with Crippen molar-refractivity contribution in [3.05, 3.63) is 15.6 Å². The van der Waals surface area contributed by atoms with Gasteiger partial charge in [-0.25, -0.2) is 13.4 Å². The van der Waals surface area contributed by atoms with E-state index in [-0.39, 0.29) is 17.9 Å². The van der Waals surface area contributed by atoms with Crippen LogP contribution < -0.4 is 0 Å². The van der Waals surface area contributed by atoms with Crippen molar-refractivity contribution in [3.8, 4) is 0 Å². The Kier molecular flexibility index (Phi) is 4.50. The second kappa shape index (κ2) is 6.14. The summed E-state index contributed by atoms with van der Waals surface area (Å²) < 4.78 is 25.3.